The largest absolute Gasteiger partial charge is 0.307 e. The molecule has 132 valence electrons. The van der Waals surface area contributed by atoms with Gasteiger partial charge >= 0.3 is 0 Å². The maximum Gasteiger partial charge on any atom is 0.228 e. The van der Waals surface area contributed by atoms with Gasteiger partial charge in [-0.3, -0.25) is 9.88 Å². The van der Waals surface area contributed by atoms with Crippen LogP contribution in [0.25, 0.3) is 0 Å². The van der Waals surface area contributed by atoms with Gasteiger partial charge in [-0.05, 0) is 44.2 Å². The van der Waals surface area contributed by atoms with Crippen LogP contribution in [0.4, 0.5) is 11.8 Å². The van der Waals surface area contributed by atoms with E-state index in [1.165, 1.54) is 58.0 Å². The van der Waals surface area contributed by atoms with E-state index in [0.717, 1.165) is 11.6 Å². The summed E-state index contributed by atoms with van der Waals surface area (Å²) in [6.07, 6.45) is 16.3. The Kier molecular flexibility index (Phi) is 5.16. The number of rotatable bonds is 5. The van der Waals surface area contributed by atoms with Gasteiger partial charge in [0.15, 0.2) is 5.82 Å². The van der Waals surface area contributed by atoms with E-state index in [2.05, 4.69) is 31.2 Å². The Morgan fingerprint density at radius 1 is 1.00 bits per heavy atom. The lowest BCUT2D eigenvalue weighted by Gasteiger charge is -2.30. The summed E-state index contributed by atoms with van der Waals surface area (Å²) in [5, 5.41) is 3.15. The predicted molar refractivity (Wildman–Crippen MR) is 97.5 cm³/mol. The van der Waals surface area contributed by atoms with Crippen molar-refractivity contribution in [3.8, 4) is 0 Å². The molecule has 2 aliphatic rings. The summed E-state index contributed by atoms with van der Waals surface area (Å²) in [4.78, 5) is 20.0. The van der Waals surface area contributed by atoms with Gasteiger partial charge < -0.3 is 5.32 Å². The average Bonchev–Trinajstić information content (AvgIpc) is 3.12. The fraction of sp³-hybridized carbons (Fsp3) is 0.579. The lowest BCUT2D eigenvalue weighted by molar-refractivity contribution is 0.186. The maximum absolute atomic E-state index is 4.76. The van der Waals surface area contributed by atoms with Crippen LogP contribution in [0.15, 0.2) is 30.9 Å². The number of nitrogens with one attached hydrogen (secondary N) is 1. The van der Waals surface area contributed by atoms with Gasteiger partial charge in [0.05, 0.1) is 17.9 Å². The molecule has 25 heavy (non-hydrogen) atoms. The molecule has 1 atom stereocenters. The number of nitrogens with zero attached hydrogens (tertiary/aromatic N) is 5. The van der Waals surface area contributed by atoms with Gasteiger partial charge in [0, 0.05) is 25.1 Å². The molecule has 0 bridgehead atoms. The molecule has 0 spiro atoms. The van der Waals surface area contributed by atoms with Crippen molar-refractivity contribution in [1.29, 1.82) is 0 Å². The maximum atomic E-state index is 4.76. The smallest absolute Gasteiger partial charge is 0.228 e. The number of hydrogen-bond donors (Lipinski definition) is 1. The van der Waals surface area contributed by atoms with Crippen LogP contribution in [0.5, 0.6) is 0 Å². The summed E-state index contributed by atoms with van der Waals surface area (Å²) < 4.78 is 0. The van der Waals surface area contributed by atoms with Crippen LogP contribution in [-0.4, -0.2) is 37.9 Å². The minimum atomic E-state index is 0.423. The van der Waals surface area contributed by atoms with Crippen LogP contribution in [0.3, 0.4) is 0 Å². The van der Waals surface area contributed by atoms with Crippen LogP contribution in [-0.2, 0) is 0 Å². The van der Waals surface area contributed by atoms with Gasteiger partial charge in [0.1, 0.15) is 0 Å². The normalized spacial score (nSPS) is 22.2. The van der Waals surface area contributed by atoms with Crippen molar-refractivity contribution in [1.82, 2.24) is 24.8 Å². The van der Waals surface area contributed by atoms with Crippen molar-refractivity contribution < 1.29 is 0 Å². The minimum Gasteiger partial charge on any atom is -0.307 e. The fourth-order valence-electron chi connectivity index (χ4n) is 4.18. The van der Waals surface area contributed by atoms with Crippen LogP contribution in [0.1, 0.15) is 56.7 Å². The summed E-state index contributed by atoms with van der Waals surface area (Å²) in [7, 11) is 0. The highest BCUT2D eigenvalue weighted by atomic mass is 15.2. The summed E-state index contributed by atoms with van der Waals surface area (Å²) in [5.74, 6) is 2.14. The Balaban J connectivity index is 1.45. The first-order valence-electron chi connectivity index (χ1n) is 9.48. The second kappa shape index (κ2) is 7.87. The molecular weight excluding hydrogens is 312 g/mol. The van der Waals surface area contributed by atoms with Gasteiger partial charge in [-0.25, -0.2) is 15.0 Å². The van der Waals surface area contributed by atoms with Crippen molar-refractivity contribution in [3.63, 3.8) is 0 Å². The SMILES string of the molecule is c1cnc(Nc2nccc([C@@H]3CCCN3CC3CCCCC3)n2)cn1. The van der Waals surface area contributed by atoms with E-state index in [0.29, 0.717) is 17.8 Å². The van der Waals surface area contributed by atoms with Gasteiger partial charge in [-0.2, -0.15) is 0 Å². The molecule has 6 nitrogen and oxygen atoms in total. The second-order valence-electron chi connectivity index (χ2n) is 7.18. The molecule has 1 aliphatic heterocycles. The van der Waals surface area contributed by atoms with Gasteiger partial charge in [0.2, 0.25) is 5.95 Å². The third-order valence-corrected chi connectivity index (χ3v) is 5.40. The predicted octanol–water partition coefficient (Wildman–Crippen LogP) is 3.73. The Hall–Kier alpha value is -2.08. The molecule has 6 heteroatoms. The van der Waals surface area contributed by atoms with Crippen LogP contribution in [0, 0.1) is 5.92 Å². The van der Waals surface area contributed by atoms with Crippen LogP contribution < -0.4 is 5.32 Å². The van der Waals surface area contributed by atoms with Crippen molar-refractivity contribution in [2.75, 3.05) is 18.4 Å². The van der Waals surface area contributed by atoms with E-state index in [1.54, 1.807) is 18.6 Å². The molecule has 1 N–H and O–H groups in total. The number of aromatic nitrogens is 4. The number of likely N-dealkylation sites (tertiary alicyclic amines) is 1. The molecule has 0 radical (unpaired) electrons. The van der Waals surface area contributed by atoms with E-state index >= 15 is 0 Å². The Labute approximate surface area is 149 Å². The molecule has 4 rings (SSSR count). The molecule has 2 aromatic rings. The molecule has 1 saturated heterocycles. The zero-order valence-corrected chi connectivity index (χ0v) is 14.6. The van der Waals surface area contributed by atoms with E-state index in [1.807, 2.05) is 6.20 Å². The first kappa shape index (κ1) is 16.4. The average molecular weight is 338 g/mol. The third-order valence-electron chi connectivity index (χ3n) is 5.40. The second-order valence-corrected chi connectivity index (χ2v) is 7.18. The molecule has 3 heterocycles. The summed E-state index contributed by atoms with van der Waals surface area (Å²) >= 11 is 0. The van der Waals surface area contributed by atoms with Crippen molar-refractivity contribution in [2.45, 2.75) is 51.0 Å². The summed E-state index contributed by atoms with van der Waals surface area (Å²) in [5.41, 5.74) is 1.12. The number of hydrogen-bond acceptors (Lipinski definition) is 6. The molecule has 0 aromatic carbocycles. The lowest BCUT2D eigenvalue weighted by Crippen LogP contribution is -2.30. The topological polar surface area (TPSA) is 66.8 Å². The van der Waals surface area contributed by atoms with Crippen molar-refractivity contribution in [2.24, 2.45) is 5.92 Å². The first-order chi connectivity index (χ1) is 12.4. The van der Waals surface area contributed by atoms with E-state index in [9.17, 15) is 0 Å². The summed E-state index contributed by atoms with van der Waals surface area (Å²) in [6.45, 7) is 2.42. The van der Waals surface area contributed by atoms with Gasteiger partial charge in [-0.15, -0.1) is 0 Å². The minimum absolute atomic E-state index is 0.423. The summed E-state index contributed by atoms with van der Waals surface area (Å²) in [6, 6.07) is 2.48. The molecule has 0 unspecified atom stereocenters. The van der Waals surface area contributed by atoms with Gasteiger partial charge in [-0.1, -0.05) is 19.3 Å². The lowest BCUT2D eigenvalue weighted by atomic mass is 9.88. The van der Waals surface area contributed by atoms with Crippen LogP contribution in [0.2, 0.25) is 0 Å². The number of anilines is 2. The fourth-order valence-corrected chi connectivity index (χ4v) is 4.18. The zero-order chi connectivity index (χ0) is 16.9. The van der Waals surface area contributed by atoms with Gasteiger partial charge in [0.25, 0.3) is 0 Å². The molecule has 2 aromatic heterocycles. The van der Waals surface area contributed by atoms with E-state index in [4.69, 9.17) is 4.98 Å². The Morgan fingerprint density at radius 3 is 2.76 bits per heavy atom. The molecule has 0 amide bonds. The van der Waals surface area contributed by atoms with Crippen molar-refractivity contribution in [3.05, 3.63) is 36.5 Å². The zero-order valence-electron chi connectivity index (χ0n) is 14.6. The van der Waals surface area contributed by atoms with Crippen LogP contribution >= 0.6 is 0 Å². The quantitative estimate of drug-likeness (QED) is 0.896. The molecule has 1 saturated carbocycles. The standard InChI is InChI=1S/C19H26N6/c1-2-5-15(6-3-1)14-25-12-4-7-17(25)16-8-9-22-19(23-16)24-18-13-20-10-11-21-18/h8-11,13,15,17H,1-7,12,14H2,(H,21,22,23,24)/t17-/m0/s1. The Morgan fingerprint density at radius 2 is 1.92 bits per heavy atom. The highest BCUT2D eigenvalue weighted by Crippen LogP contribution is 2.34. The third kappa shape index (κ3) is 4.12. The van der Waals surface area contributed by atoms with Crippen molar-refractivity contribution >= 4 is 11.8 Å². The molecule has 1 aliphatic carbocycles. The highest BCUT2D eigenvalue weighted by molar-refractivity contribution is 5.45. The van der Waals surface area contributed by atoms with E-state index < -0.39 is 0 Å². The first-order valence-corrected chi connectivity index (χ1v) is 9.48. The molecule has 2 fully saturated rings. The Bertz CT molecular complexity index is 671. The highest BCUT2D eigenvalue weighted by Gasteiger charge is 2.29. The monoisotopic (exact) mass is 338 g/mol. The van der Waals surface area contributed by atoms with E-state index in [-0.39, 0.29) is 0 Å². The molecular formula is C19H26N6.